The second kappa shape index (κ2) is 5.49. The zero-order valence-electron chi connectivity index (χ0n) is 12.7. The number of rotatable bonds is 4. The molecular formula is C14H26N4O. The van der Waals surface area contributed by atoms with E-state index in [-0.39, 0.29) is 5.54 Å². The summed E-state index contributed by atoms with van der Waals surface area (Å²) >= 11 is 0. The Bertz CT molecular complexity index is 410. The molecule has 2 heterocycles. The number of hydrogen-bond acceptors (Lipinski definition) is 5. The van der Waals surface area contributed by atoms with E-state index in [1.807, 2.05) is 0 Å². The molecule has 2 unspecified atom stereocenters. The van der Waals surface area contributed by atoms with Gasteiger partial charge in [-0.1, -0.05) is 12.0 Å². The van der Waals surface area contributed by atoms with Gasteiger partial charge in [0.25, 0.3) is 0 Å². The Morgan fingerprint density at radius 1 is 1.32 bits per heavy atom. The smallest absolute Gasteiger partial charge is 0.318 e. The van der Waals surface area contributed by atoms with Gasteiger partial charge in [0.1, 0.15) is 0 Å². The maximum absolute atomic E-state index is 5.81. The zero-order valence-corrected chi connectivity index (χ0v) is 12.7. The molecule has 0 radical (unpaired) electrons. The van der Waals surface area contributed by atoms with Crippen molar-refractivity contribution in [3.05, 3.63) is 5.89 Å². The molecule has 108 valence electrons. The fourth-order valence-corrected chi connectivity index (χ4v) is 2.58. The maximum atomic E-state index is 5.81. The molecule has 5 nitrogen and oxygen atoms in total. The minimum atomic E-state index is 0.0571. The summed E-state index contributed by atoms with van der Waals surface area (Å²) in [6.45, 7) is 11.4. The lowest BCUT2D eigenvalue weighted by Gasteiger charge is -2.25. The summed E-state index contributed by atoms with van der Waals surface area (Å²) in [6, 6.07) is 1.72. The maximum Gasteiger partial charge on any atom is 0.318 e. The van der Waals surface area contributed by atoms with Gasteiger partial charge in [-0.3, -0.25) is 0 Å². The van der Waals surface area contributed by atoms with Gasteiger partial charge >= 0.3 is 6.01 Å². The molecule has 1 aromatic heterocycles. The molecule has 0 bridgehead atoms. The summed E-state index contributed by atoms with van der Waals surface area (Å²) < 4.78 is 5.81. The Kier molecular flexibility index (Phi) is 4.13. The van der Waals surface area contributed by atoms with Gasteiger partial charge in [-0.05, 0) is 47.0 Å². The first kappa shape index (κ1) is 14.3. The van der Waals surface area contributed by atoms with E-state index in [0.717, 1.165) is 6.42 Å². The third kappa shape index (κ3) is 3.47. The van der Waals surface area contributed by atoms with Gasteiger partial charge in [-0.2, -0.15) is 0 Å². The van der Waals surface area contributed by atoms with E-state index in [2.05, 4.69) is 55.0 Å². The lowest BCUT2D eigenvalue weighted by molar-refractivity contribution is 0.378. The zero-order chi connectivity index (χ0) is 14.0. The Morgan fingerprint density at radius 2 is 2.05 bits per heavy atom. The van der Waals surface area contributed by atoms with Gasteiger partial charge in [-0.15, -0.1) is 5.10 Å². The fourth-order valence-electron chi connectivity index (χ4n) is 2.58. The summed E-state index contributed by atoms with van der Waals surface area (Å²) in [5, 5.41) is 11.7. The van der Waals surface area contributed by atoms with Crippen LogP contribution >= 0.6 is 0 Å². The fraction of sp³-hybridized carbons (Fsp3) is 0.857. The highest BCUT2D eigenvalue weighted by molar-refractivity contribution is 5.31. The summed E-state index contributed by atoms with van der Waals surface area (Å²) in [4.78, 5) is 2.29. The van der Waals surface area contributed by atoms with Gasteiger partial charge in [0.15, 0.2) is 0 Å². The van der Waals surface area contributed by atoms with E-state index < -0.39 is 0 Å². The Morgan fingerprint density at radius 3 is 2.68 bits per heavy atom. The van der Waals surface area contributed by atoms with Gasteiger partial charge < -0.3 is 14.6 Å². The van der Waals surface area contributed by atoms with E-state index in [4.69, 9.17) is 4.42 Å². The Balaban J connectivity index is 2.04. The normalized spacial score (nSPS) is 24.2. The average Bonchev–Trinajstić information content (AvgIpc) is 2.91. The molecule has 0 amide bonds. The molecule has 0 aromatic carbocycles. The number of nitrogens with zero attached hydrogens (tertiary/aromatic N) is 3. The molecule has 1 aliphatic heterocycles. The molecule has 19 heavy (non-hydrogen) atoms. The van der Waals surface area contributed by atoms with Crippen LogP contribution in [0.4, 0.5) is 6.01 Å². The molecule has 1 fully saturated rings. The van der Waals surface area contributed by atoms with Crippen LogP contribution in [-0.4, -0.2) is 27.8 Å². The summed E-state index contributed by atoms with van der Waals surface area (Å²) in [6.07, 6.45) is 3.55. The third-order valence-corrected chi connectivity index (χ3v) is 3.70. The van der Waals surface area contributed by atoms with Crippen molar-refractivity contribution in [3.8, 4) is 0 Å². The second-order valence-corrected chi connectivity index (χ2v) is 6.48. The van der Waals surface area contributed by atoms with E-state index in [1.165, 1.54) is 12.8 Å². The van der Waals surface area contributed by atoms with Crippen molar-refractivity contribution in [2.45, 2.75) is 78.0 Å². The van der Waals surface area contributed by atoms with Crippen molar-refractivity contribution < 1.29 is 4.42 Å². The highest BCUT2D eigenvalue weighted by atomic mass is 16.4. The monoisotopic (exact) mass is 266 g/mol. The van der Waals surface area contributed by atoms with Gasteiger partial charge in [0.05, 0.1) is 6.54 Å². The second-order valence-electron chi connectivity index (χ2n) is 6.48. The summed E-state index contributed by atoms with van der Waals surface area (Å²) in [5.41, 5.74) is 0.0571. The number of aromatic nitrogens is 2. The van der Waals surface area contributed by atoms with Crippen LogP contribution < -0.4 is 10.2 Å². The molecule has 1 aromatic rings. The predicted octanol–water partition coefficient (Wildman–Crippen LogP) is 2.73. The predicted molar refractivity (Wildman–Crippen MR) is 76.1 cm³/mol. The van der Waals surface area contributed by atoms with Gasteiger partial charge in [0.2, 0.25) is 5.89 Å². The van der Waals surface area contributed by atoms with Crippen molar-refractivity contribution in [1.82, 2.24) is 15.5 Å². The van der Waals surface area contributed by atoms with E-state index in [0.29, 0.717) is 30.5 Å². The van der Waals surface area contributed by atoms with Crippen molar-refractivity contribution in [2.24, 2.45) is 0 Å². The minimum Gasteiger partial charge on any atom is -0.407 e. The highest BCUT2D eigenvalue weighted by Gasteiger charge is 2.32. The van der Waals surface area contributed by atoms with Crippen LogP contribution in [0.3, 0.4) is 0 Å². The molecule has 1 aliphatic rings. The van der Waals surface area contributed by atoms with E-state index in [9.17, 15) is 0 Å². The van der Waals surface area contributed by atoms with Crippen molar-refractivity contribution in [2.75, 3.05) is 4.90 Å². The first-order valence-electron chi connectivity index (χ1n) is 7.26. The molecule has 1 saturated heterocycles. The van der Waals surface area contributed by atoms with Crippen LogP contribution in [0.1, 0.15) is 59.8 Å². The minimum absolute atomic E-state index is 0.0571. The van der Waals surface area contributed by atoms with Gasteiger partial charge in [0, 0.05) is 17.6 Å². The lowest BCUT2D eigenvalue weighted by atomic mass is 10.1. The quantitative estimate of drug-likeness (QED) is 0.908. The van der Waals surface area contributed by atoms with Crippen LogP contribution in [0.5, 0.6) is 0 Å². The van der Waals surface area contributed by atoms with Crippen LogP contribution in [0, 0.1) is 0 Å². The molecule has 2 rings (SSSR count). The number of nitrogens with one attached hydrogen (secondary N) is 1. The van der Waals surface area contributed by atoms with E-state index >= 15 is 0 Å². The number of hydrogen-bond donors (Lipinski definition) is 1. The first-order chi connectivity index (χ1) is 8.90. The molecule has 0 aliphatic carbocycles. The summed E-state index contributed by atoms with van der Waals surface area (Å²) in [7, 11) is 0. The molecule has 1 N–H and O–H groups in total. The standard InChI is InChI=1S/C14H26N4O/c1-6-11-8-7-10(2)18(11)13-17-16-12(19-13)9-15-14(3,4)5/h10-11,15H,6-9H2,1-5H3. The van der Waals surface area contributed by atoms with Gasteiger partial charge in [-0.25, -0.2) is 0 Å². The molecule has 5 heteroatoms. The Hall–Kier alpha value is -1.10. The SMILES string of the molecule is CCC1CCC(C)N1c1nnc(CNC(C)(C)C)o1. The van der Waals surface area contributed by atoms with Crippen molar-refractivity contribution >= 4 is 6.01 Å². The topological polar surface area (TPSA) is 54.2 Å². The molecule has 0 spiro atoms. The highest BCUT2D eigenvalue weighted by Crippen LogP contribution is 2.30. The van der Waals surface area contributed by atoms with Crippen molar-refractivity contribution in [1.29, 1.82) is 0 Å². The van der Waals surface area contributed by atoms with Crippen LogP contribution in [0.15, 0.2) is 4.42 Å². The Labute approximate surface area is 115 Å². The van der Waals surface area contributed by atoms with E-state index in [1.54, 1.807) is 0 Å². The average molecular weight is 266 g/mol. The molecule has 0 saturated carbocycles. The first-order valence-corrected chi connectivity index (χ1v) is 7.26. The summed E-state index contributed by atoms with van der Waals surface area (Å²) in [5.74, 6) is 0.666. The lowest BCUT2D eigenvalue weighted by Crippen LogP contribution is -2.35. The molecule has 2 atom stereocenters. The van der Waals surface area contributed by atoms with Crippen molar-refractivity contribution in [3.63, 3.8) is 0 Å². The van der Waals surface area contributed by atoms with Crippen LogP contribution in [0.2, 0.25) is 0 Å². The number of anilines is 1. The van der Waals surface area contributed by atoms with Crippen LogP contribution in [-0.2, 0) is 6.54 Å². The molecular weight excluding hydrogens is 240 g/mol. The third-order valence-electron chi connectivity index (χ3n) is 3.70. The largest absolute Gasteiger partial charge is 0.407 e. The van der Waals surface area contributed by atoms with Crippen LogP contribution in [0.25, 0.3) is 0 Å².